The molecule has 0 spiro atoms. The van der Waals surface area contributed by atoms with Gasteiger partial charge in [0.05, 0.1) is 16.7 Å². The van der Waals surface area contributed by atoms with Crippen LogP contribution in [0.1, 0.15) is 5.76 Å². The molecule has 0 saturated carbocycles. The molecule has 0 aliphatic heterocycles. The van der Waals surface area contributed by atoms with Gasteiger partial charge in [0.15, 0.2) is 5.16 Å². The number of nitrogens with zero attached hydrogens (tertiary/aromatic N) is 2. The minimum Gasteiger partial charge on any atom is -0.460 e. The highest BCUT2D eigenvalue weighted by Gasteiger charge is 2.12. The first-order valence-corrected chi connectivity index (χ1v) is 10.5. The Hall–Kier alpha value is -2.57. The van der Waals surface area contributed by atoms with Gasteiger partial charge in [0.1, 0.15) is 11.5 Å². The number of fused-ring (bicyclic) bond motifs is 1. The first-order valence-electron chi connectivity index (χ1n) is 8.73. The normalized spacial score (nSPS) is 11.0. The lowest BCUT2D eigenvalue weighted by Crippen LogP contribution is -2.22. The van der Waals surface area contributed by atoms with Crippen LogP contribution >= 0.6 is 27.7 Å². The van der Waals surface area contributed by atoms with E-state index < -0.39 is 0 Å². The zero-order chi connectivity index (χ0) is 19.5. The Morgan fingerprint density at radius 2 is 1.89 bits per heavy atom. The van der Waals surface area contributed by atoms with Crippen molar-refractivity contribution in [2.24, 2.45) is 0 Å². The predicted octanol–water partition coefficient (Wildman–Crippen LogP) is 5.90. The summed E-state index contributed by atoms with van der Waals surface area (Å²) in [5.74, 6) is 2.23. The maximum atomic E-state index is 12.8. The lowest BCUT2D eigenvalue weighted by molar-refractivity contribution is 0.543. The Kier molecular flexibility index (Phi) is 5.50. The maximum absolute atomic E-state index is 12.8. The monoisotopic (exact) mass is 452 g/mol. The molecule has 0 aliphatic rings. The molecule has 0 N–H and O–H groups in total. The number of benzene rings is 2. The molecular formula is C22H17BrN2O2S. The fraction of sp³-hybridized carbons (Fsp3) is 0.0909. The average Bonchev–Trinajstić information content (AvgIpc) is 3.18. The smallest absolute Gasteiger partial charge is 0.262 e. The Labute approximate surface area is 175 Å². The molecule has 0 unspecified atom stereocenters. The van der Waals surface area contributed by atoms with Gasteiger partial charge in [0.25, 0.3) is 5.56 Å². The molecule has 0 aliphatic carbocycles. The minimum absolute atomic E-state index is 0.0528. The van der Waals surface area contributed by atoms with E-state index in [2.05, 4.69) is 27.5 Å². The summed E-state index contributed by atoms with van der Waals surface area (Å²) < 4.78 is 8.66. The van der Waals surface area contributed by atoms with Crippen LogP contribution in [0.2, 0.25) is 0 Å². The Morgan fingerprint density at radius 3 is 2.68 bits per heavy atom. The SMILES string of the molecule is C=CCn1c(SCc2ccc(-c3ccc(Br)cc3)o2)nc2ccccc2c1=O. The largest absolute Gasteiger partial charge is 0.460 e. The number of furan rings is 1. The van der Waals surface area contributed by atoms with E-state index in [4.69, 9.17) is 4.42 Å². The predicted molar refractivity (Wildman–Crippen MR) is 118 cm³/mol. The minimum atomic E-state index is -0.0528. The molecule has 6 heteroatoms. The number of halogens is 1. The molecule has 2 heterocycles. The Balaban J connectivity index is 1.60. The molecule has 0 atom stereocenters. The lowest BCUT2D eigenvalue weighted by Gasteiger charge is -2.10. The van der Waals surface area contributed by atoms with Gasteiger partial charge < -0.3 is 4.42 Å². The summed E-state index contributed by atoms with van der Waals surface area (Å²) >= 11 is 4.92. The van der Waals surface area contributed by atoms with Crippen LogP contribution in [0.15, 0.2) is 92.2 Å². The number of thioether (sulfide) groups is 1. The van der Waals surface area contributed by atoms with E-state index >= 15 is 0 Å². The van der Waals surface area contributed by atoms with Crippen LogP contribution in [0.3, 0.4) is 0 Å². The van der Waals surface area contributed by atoms with Gasteiger partial charge in [-0.25, -0.2) is 4.98 Å². The third-order valence-electron chi connectivity index (χ3n) is 4.27. The van der Waals surface area contributed by atoms with Gasteiger partial charge in [-0.1, -0.05) is 58.0 Å². The molecule has 0 bridgehead atoms. The third kappa shape index (κ3) is 3.84. The standard InChI is InChI=1S/C22H17BrN2O2S/c1-2-13-25-21(26)18-5-3-4-6-19(18)24-22(25)28-14-17-11-12-20(27-17)15-7-9-16(23)10-8-15/h2-12H,1,13-14H2. The quantitative estimate of drug-likeness (QED) is 0.207. The van der Waals surface area contributed by atoms with Gasteiger partial charge in [0, 0.05) is 16.6 Å². The molecule has 4 aromatic rings. The first-order chi connectivity index (χ1) is 13.7. The van der Waals surface area contributed by atoms with Crippen molar-refractivity contribution >= 4 is 38.6 Å². The van der Waals surface area contributed by atoms with Gasteiger partial charge in [-0.05, 0) is 36.4 Å². The van der Waals surface area contributed by atoms with Crippen LogP contribution in [0.5, 0.6) is 0 Å². The summed E-state index contributed by atoms with van der Waals surface area (Å²) in [5.41, 5.74) is 1.67. The van der Waals surface area contributed by atoms with Crippen LogP contribution in [0, 0.1) is 0 Å². The molecule has 140 valence electrons. The van der Waals surface area contributed by atoms with Crippen molar-refractivity contribution in [2.45, 2.75) is 17.5 Å². The summed E-state index contributed by atoms with van der Waals surface area (Å²) in [6.07, 6.45) is 1.71. The van der Waals surface area contributed by atoms with Gasteiger partial charge in [0.2, 0.25) is 0 Å². The molecule has 0 saturated heterocycles. The fourth-order valence-electron chi connectivity index (χ4n) is 2.91. The number of hydrogen-bond donors (Lipinski definition) is 0. The van der Waals surface area contributed by atoms with E-state index in [0.717, 1.165) is 21.6 Å². The van der Waals surface area contributed by atoms with Crippen LogP contribution in [0.25, 0.3) is 22.2 Å². The molecule has 28 heavy (non-hydrogen) atoms. The second-order valence-electron chi connectivity index (χ2n) is 6.18. The van der Waals surface area contributed by atoms with Crippen molar-refractivity contribution in [3.63, 3.8) is 0 Å². The van der Waals surface area contributed by atoms with Crippen LogP contribution < -0.4 is 5.56 Å². The summed E-state index contributed by atoms with van der Waals surface area (Å²) in [4.78, 5) is 17.5. The van der Waals surface area contributed by atoms with Crippen LogP contribution in [-0.4, -0.2) is 9.55 Å². The van der Waals surface area contributed by atoms with E-state index in [9.17, 15) is 4.79 Å². The third-order valence-corrected chi connectivity index (χ3v) is 5.80. The molecule has 0 radical (unpaired) electrons. The topological polar surface area (TPSA) is 48.0 Å². The second-order valence-corrected chi connectivity index (χ2v) is 8.04. The molecule has 0 amide bonds. The van der Waals surface area contributed by atoms with E-state index in [-0.39, 0.29) is 5.56 Å². The number of allylic oxidation sites excluding steroid dienone is 1. The highest BCUT2D eigenvalue weighted by atomic mass is 79.9. The highest BCUT2D eigenvalue weighted by Crippen LogP contribution is 2.28. The van der Waals surface area contributed by atoms with E-state index in [0.29, 0.717) is 28.4 Å². The van der Waals surface area contributed by atoms with Crippen molar-refractivity contribution in [1.29, 1.82) is 0 Å². The van der Waals surface area contributed by atoms with Crippen molar-refractivity contribution in [2.75, 3.05) is 0 Å². The Morgan fingerprint density at radius 1 is 1.11 bits per heavy atom. The zero-order valence-electron chi connectivity index (χ0n) is 15.0. The second kappa shape index (κ2) is 8.20. The molecular weight excluding hydrogens is 436 g/mol. The van der Waals surface area contributed by atoms with Crippen molar-refractivity contribution in [3.8, 4) is 11.3 Å². The van der Waals surface area contributed by atoms with Gasteiger partial charge in [-0.3, -0.25) is 9.36 Å². The molecule has 4 nitrogen and oxygen atoms in total. The maximum Gasteiger partial charge on any atom is 0.262 e. The molecule has 4 rings (SSSR count). The summed E-state index contributed by atoms with van der Waals surface area (Å²) in [7, 11) is 0. The van der Waals surface area contributed by atoms with Crippen molar-refractivity contribution < 1.29 is 4.42 Å². The molecule has 0 fully saturated rings. The number of hydrogen-bond acceptors (Lipinski definition) is 4. The van der Waals surface area contributed by atoms with E-state index in [1.165, 1.54) is 11.8 Å². The summed E-state index contributed by atoms with van der Waals surface area (Å²) in [6, 6.07) is 19.3. The highest BCUT2D eigenvalue weighted by molar-refractivity contribution is 9.10. The lowest BCUT2D eigenvalue weighted by atomic mass is 10.2. The van der Waals surface area contributed by atoms with Crippen molar-refractivity contribution in [1.82, 2.24) is 9.55 Å². The number of rotatable bonds is 6. The zero-order valence-corrected chi connectivity index (χ0v) is 17.4. The van der Waals surface area contributed by atoms with Crippen LogP contribution in [-0.2, 0) is 12.3 Å². The van der Waals surface area contributed by atoms with Crippen molar-refractivity contribution in [3.05, 3.63) is 93.9 Å². The fourth-order valence-corrected chi connectivity index (χ4v) is 4.08. The number of para-hydroxylation sites is 1. The number of aromatic nitrogens is 2. The van der Waals surface area contributed by atoms with Gasteiger partial charge in [-0.2, -0.15) is 0 Å². The van der Waals surface area contributed by atoms with E-state index in [1.54, 1.807) is 16.7 Å². The van der Waals surface area contributed by atoms with Crippen LogP contribution in [0.4, 0.5) is 0 Å². The average molecular weight is 453 g/mol. The molecule has 2 aromatic carbocycles. The van der Waals surface area contributed by atoms with E-state index in [1.807, 2.05) is 54.6 Å². The summed E-state index contributed by atoms with van der Waals surface area (Å²) in [5, 5.41) is 1.27. The van der Waals surface area contributed by atoms with Gasteiger partial charge >= 0.3 is 0 Å². The van der Waals surface area contributed by atoms with Gasteiger partial charge in [-0.15, -0.1) is 6.58 Å². The Bertz CT molecular complexity index is 1200. The summed E-state index contributed by atoms with van der Waals surface area (Å²) in [6.45, 7) is 4.18. The first kappa shape index (κ1) is 18.8. The molecule has 2 aromatic heterocycles.